The summed E-state index contributed by atoms with van der Waals surface area (Å²) in [5.41, 5.74) is -0.445. The van der Waals surface area contributed by atoms with E-state index in [9.17, 15) is 15.3 Å². The molecule has 0 aromatic carbocycles. The summed E-state index contributed by atoms with van der Waals surface area (Å²) >= 11 is 0. The second kappa shape index (κ2) is 5.94. The van der Waals surface area contributed by atoms with Crippen molar-refractivity contribution < 1.29 is 15.3 Å². The molecule has 0 bridgehead atoms. The van der Waals surface area contributed by atoms with Gasteiger partial charge in [0.05, 0.1) is 19.8 Å². The first-order chi connectivity index (χ1) is 8.51. The van der Waals surface area contributed by atoms with E-state index in [0.717, 1.165) is 5.56 Å². The van der Waals surface area contributed by atoms with Crippen LogP contribution in [0.2, 0.25) is 0 Å². The van der Waals surface area contributed by atoms with E-state index in [0.29, 0.717) is 17.5 Å². The van der Waals surface area contributed by atoms with Gasteiger partial charge in [0.25, 0.3) is 0 Å². The van der Waals surface area contributed by atoms with Crippen LogP contribution < -0.4 is 10.6 Å². The summed E-state index contributed by atoms with van der Waals surface area (Å²) in [6, 6.07) is 0. The zero-order chi connectivity index (χ0) is 13.8. The lowest BCUT2D eigenvalue weighted by Crippen LogP contribution is -2.49. The minimum Gasteiger partial charge on any atom is -0.394 e. The average molecular weight is 256 g/mol. The second-order valence-electron chi connectivity index (χ2n) is 4.22. The number of nitrogens with one attached hydrogen (secondary N) is 2. The van der Waals surface area contributed by atoms with Gasteiger partial charge < -0.3 is 26.0 Å². The first kappa shape index (κ1) is 14.6. The fourth-order valence-electron chi connectivity index (χ4n) is 1.51. The van der Waals surface area contributed by atoms with Gasteiger partial charge in [-0.25, -0.2) is 9.97 Å². The number of rotatable bonds is 6. The second-order valence-corrected chi connectivity index (χ2v) is 4.22. The molecule has 18 heavy (non-hydrogen) atoms. The van der Waals surface area contributed by atoms with E-state index in [2.05, 4.69) is 20.6 Å². The lowest BCUT2D eigenvalue weighted by molar-refractivity contribution is 0.0830. The molecule has 5 N–H and O–H groups in total. The molecule has 0 aliphatic heterocycles. The van der Waals surface area contributed by atoms with E-state index in [1.807, 2.05) is 6.92 Å². The van der Waals surface area contributed by atoms with Gasteiger partial charge in [0, 0.05) is 12.6 Å². The molecular formula is C11H20N4O3. The number of anilines is 2. The molecule has 1 rings (SSSR count). The van der Waals surface area contributed by atoms with Gasteiger partial charge in [0.1, 0.15) is 23.0 Å². The fraction of sp³-hybridized carbons (Fsp3) is 0.636. The van der Waals surface area contributed by atoms with Gasteiger partial charge in [-0.15, -0.1) is 0 Å². The van der Waals surface area contributed by atoms with E-state index in [-0.39, 0.29) is 0 Å². The number of nitrogens with zero attached hydrogens (tertiary/aromatic N) is 2. The number of hydrogen-bond acceptors (Lipinski definition) is 7. The van der Waals surface area contributed by atoms with Crippen LogP contribution in [0.15, 0.2) is 0 Å². The molecule has 0 spiro atoms. The van der Waals surface area contributed by atoms with E-state index in [1.54, 1.807) is 14.0 Å². The highest BCUT2D eigenvalue weighted by molar-refractivity contribution is 5.58. The summed E-state index contributed by atoms with van der Waals surface area (Å²) in [7, 11) is 1.75. The molecule has 1 heterocycles. The standard InChI is InChI=1S/C11H20N4O3/c1-7-9(12-3)13-8(2)14-10(7)15-11(4-16,5-17)6-18/h16-18H,4-6H2,1-3H3,(H2,12,13,14,15). The Labute approximate surface area is 106 Å². The molecule has 0 aliphatic carbocycles. The lowest BCUT2D eigenvalue weighted by Gasteiger charge is -2.30. The Kier molecular flexibility index (Phi) is 4.83. The normalized spacial score (nSPS) is 11.4. The Hall–Kier alpha value is -1.44. The molecule has 102 valence electrons. The molecule has 0 saturated carbocycles. The van der Waals surface area contributed by atoms with Crippen LogP contribution in [0.1, 0.15) is 11.4 Å². The summed E-state index contributed by atoms with van der Waals surface area (Å²) in [5.74, 6) is 1.69. The molecule has 0 amide bonds. The summed E-state index contributed by atoms with van der Waals surface area (Å²) in [5, 5.41) is 33.7. The van der Waals surface area contributed by atoms with E-state index in [4.69, 9.17) is 0 Å². The van der Waals surface area contributed by atoms with Crippen LogP contribution in [0.4, 0.5) is 11.6 Å². The van der Waals surface area contributed by atoms with Crippen molar-refractivity contribution in [3.05, 3.63) is 11.4 Å². The average Bonchev–Trinajstić information content (AvgIpc) is 2.39. The lowest BCUT2D eigenvalue weighted by atomic mass is 10.0. The predicted octanol–water partition coefficient (Wildman–Crippen LogP) is -0.737. The number of hydrogen-bond donors (Lipinski definition) is 5. The molecule has 1 aromatic rings. The van der Waals surface area contributed by atoms with Crippen molar-refractivity contribution in [2.75, 3.05) is 37.5 Å². The summed E-state index contributed by atoms with van der Waals surface area (Å²) < 4.78 is 0. The first-order valence-corrected chi connectivity index (χ1v) is 5.65. The van der Waals surface area contributed by atoms with Crippen molar-refractivity contribution in [3.63, 3.8) is 0 Å². The molecule has 0 aliphatic rings. The highest BCUT2D eigenvalue weighted by Crippen LogP contribution is 2.22. The zero-order valence-corrected chi connectivity index (χ0v) is 10.9. The maximum absolute atomic E-state index is 9.28. The quantitative estimate of drug-likeness (QED) is 0.456. The molecular weight excluding hydrogens is 236 g/mol. The van der Waals surface area contributed by atoms with E-state index in [1.165, 1.54) is 0 Å². The van der Waals surface area contributed by atoms with E-state index < -0.39 is 25.4 Å². The highest BCUT2D eigenvalue weighted by atomic mass is 16.3. The van der Waals surface area contributed by atoms with Crippen molar-refractivity contribution >= 4 is 11.6 Å². The third-order valence-electron chi connectivity index (χ3n) is 2.79. The van der Waals surface area contributed by atoms with Gasteiger partial charge in [-0.1, -0.05) is 0 Å². The van der Waals surface area contributed by atoms with Gasteiger partial charge in [-0.2, -0.15) is 0 Å². The minimum absolute atomic E-state index is 0.405. The van der Waals surface area contributed by atoms with Crippen molar-refractivity contribution in [2.45, 2.75) is 19.4 Å². The number of aryl methyl sites for hydroxylation is 1. The molecule has 7 nitrogen and oxygen atoms in total. The smallest absolute Gasteiger partial charge is 0.135 e. The van der Waals surface area contributed by atoms with Crippen LogP contribution in [0.3, 0.4) is 0 Å². The van der Waals surface area contributed by atoms with Crippen molar-refractivity contribution in [3.8, 4) is 0 Å². The van der Waals surface area contributed by atoms with Crippen LogP contribution >= 0.6 is 0 Å². The van der Waals surface area contributed by atoms with Crippen LogP contribution in [-0.4, -0.2) is 57.7 Å². The van der Waals surface area contributed by atoms with Crippen molar-refractivity contribution in [2.24, 2.45) is 0 Å². The number of aliphatic hydroxyl groups excluding tert-OH is 3. The van der Waals surface area contributed by atoms with Gasteiger partial charge in [0.2, 0.25) is 0 Å². The monoisotopic (exact) mass is 256 g/mol. The van der Waals surface area contributed by atoms with Crippen molar-refractivity contribution in [1.82, 2.24) is 9.97 Å². The SMILES string of the molecule is CNc1nc(C)nc(NC(CO)(CO)CO)c1C. The Bertz CT molecular complexity index is 399. The van der Waals surface area contributed by atoms with Crippen LogP contribution in [0, 0.1) is 13.8 Å². The van der Waals surface area contributed by atoms with Gasteiger partial charge >= 0.3 is 0 Å². The van der Waals surface area contributed by atoms with Gasteiger partial charge in [-0.3, -0.25) is 0 Å². The largest absolute Gasteiger partial charge is 0.394 e. The molecule has 1 aromatic heterocycles. The molecule has 7 heteroatoms. The third-order valence-corrected chi connectivity index (χ3v) is 2.79. The Morgan fingerprint density at radius 2 is 1.50 bits per heavy atom. The topological polar surface area (TPSA) is 111 Å². The van der Waals surface area contributed by atoms with Gasteiger partial charge in [-0.05, 0) is 13.8 Å². The van der Waals surface area contributed by atoms with Crippen LogP contribution in [0.25, 0.3) is 0 Å². The van der Waals surface area contributed by atoms with Crippen LogP contribution in [0.5, 0.6) is 0 Å². The predicted molar refractivity (Wildman–Crippen MR) is 68.7 cm³/mol. The molecule has 0 fully saturated rings. The molecule has 0 unspecified atom stereocenters. The zero-order valence-electron chi connectivity index (χ0n) is 10.9. The Balaban J connectivity index is 3.13. The summed E-state index contributed by atoms with van der Waals surface area (Å²) in [6.07, 6.45) is 0. The molecule has 0 saturated heterocycles. The number of aliphatic hydroxyl groups is 3. The minimum atomic E-state index is -1.20. The highest BCUT2D eigenvalue weighted by Gasteiger charge is 2.29. The summed E-state index contributed by atoms with van der Waals surface area (Å²) in [6.45, 7) is 2.33. The van der Waals surface area contributed by atoms with Crippen molar-refractivity contribution in [1.29, 1.82) is 0 Å². The van der Waals surface area contributed by atoms with Gasteiger partial charge in [0.15, 0.2) is 0 Å². The maximum atomic E-state index is 9.28. The van der Waals surface area contributed by atoms with Crippen LogP contribution in [-0.2, 0) is 0 Å². The maximum Gasteiger partial charge on any atom is 0.135 e. The summed E-state index contributed by atoms with van der Waals surface area (Å²) in [4.78, 5) is 8.42. The fourth-order valence-corrected chi connectivity index (χ4v) is 1.51. The molecule has 0 radical (unpaired) electrons. The van der Waals surface area contributed by atoms with E-state index >= 15 is 0 Å². The Morgan fingerprint density at radius 1 is 1.00 bits per heavy atom. The Morgan fingerprint density at radius 3 is 1.94 bits per heavy atom. The first-order valence-electron chi connectivity index (χ1n) is 5.65. The third kappa shape index (κ3) is 2.87. The number of aromatic nitrogens is 2. The molecule has 0 atom stereocenters.